The Morgan fingerprint density at radius 1 is 1.39 bits per heavy atom. The maximum atomic E-state index is 13.4. The van der Waals surface area contributed by atoms with E-state index in [0.717, 1.165) is 12.3 Å². The van der Waals surface area contributed by atoms with E-state index >= 15 is 0 Å². The molecule has 0 aromatic carbocycles. The fourth-order valence-corrected chi connectivity index (χ4v) is 3.92. The van der Waals surface area contributed by atoms with Gasteiger partial charge in [0.15, 0.2) is 0 Å². The lowest BCUT2D eigenvalue weighted by Crippen LogP contribution is -2.18. The molecule has 4 heterocycles. The predicted molar refractivity (Wildman–Crippen MR) is 104 cm³/mol. The molecule has 2 amide bonds. The van der Waals surface area contributed by atoms with Crippen LogP contribution in [-0.2, 0) is 0 Å². The van der Waals surface area contributed by atoms with Crippen LogP contribution >= 0.6 is 11.3 Å². The van der Waals surface area contributed by atoms with E-state index in [-0.39, 0.29) is 32.1 Å². The maximum Gasteiger partial charge on any atom is 0.319 e. The number of alkyl halides is 2. The first-order chi connectivity index (χ1) is 14.8. The molecule has 0 spiro atoms. The highest BCUT2D eigenvalue weighted by atomic mass is 32.1. The zero-order chi connectivity index (χ0) is 22.3. The van der Waals surface area contributed by atoms with E-state index in [1.807, 2.05) is 0 Å². The minimum atomic E-state index is -2.91. The van der Waals surface area contributed by atoms with Gasteiger partial charge in [0.2, 0.25) is 5.69 Å². The summed E-state index contributed by atoms with van der Waals surface area (Å²) in [7, 11) is 0. The first kappa shape index (κ1) is 20.1. The molecule has 0 atom stereocenters. The fraction of sp³-hybridized carbons (Fsp3) is 0.0588. The Morgan fingerprint density at radius 3 is 2.77 bits per heavy atom. The second-order valence-corrected chi connectivity index (χ2v) is 7.06. The quantitative estimate of drug-likeness (QED) is 0.299. The molecule has 4 N–H and O–H groups in total. The third-order valence-corrected chi connectivity index (χ3v) is 5.30. The summed E-state index contributed by atoms with van der Waals surface area (Å²) in [5.41, 5.74) is 3.76. The van der Waals surface area contributed by atoms with Crippen LogP contribution < -0.4 is 11.1 Å². The first-order valence-corrected chi connectivity index (χ1v) is 9.18. The van der Waals surface area contributed by atoms with Crippen LogP contribution in [0.4, 0.5) is 20.2 Å². The number of aromatic nitrogens is 3. The average molecular weight is 448 g/mol. The summed E-state index contributed by atoms with van der Waals surface area (Å²) in [4.78, 5) is 38.6. The van der Waals surface area contributed by atoms with Crippen LogP contribution in [0.25, 0.3) is 21.5 Å². The molecule has 14 heteroatoms. The number of aromatic amines is 1. The molecule has 4 aromatic heterocycles. The summed E-state index contributed by atoms with van der Waals surface area (Å²) >= 11 is 0.690. The number of H-pyrrole nitrogens is 1. The van der Waals surface area contributed by atoms with Crippen molar-refractivity contribution in [3.8, 4) is 11.3 Å². The second-order valence-electron chi connectivity index (χ2n) is 6.06. The van der Waals surface area contributed by atoms with E-state index in [1.54, 1.807) is 0 Å². The number of amides is 2. The highest BCUT2D eigenvalue weighted by Crippen LogP contribution is 2.42. The molecule has 158 valence electrons. The van der Waals surface area contributed by atoms with Crippen molar-refractivity contribution in [2.45, 2.75) is 6.43 Å². The normalized spacial score (nSPS) is 11.2. The number of primary amides is 1. The number of hydrogen-bond donors (Lipinski definition) is 3. The Balaban J connectivity index is 1.94. The van der Waals surface area contributed by atoms with E-state index in [9.17, 15) is 28.5 Å². The third kappa shape index (κ3) is 3.48. The van der Waals surface area contributed by atoms with Crippen LogP contribution in [-0.4, -0.2) is 31.9 Å². The lowest BCUT2D eigenvalue weighted by molar-refractivity contribution is -0.385. The zero-order valence-corrected chi connectivity index (χ0v) is 15.9. The van der Waals surface area contributed by atoms with Crippen molar-refractivity contribution >= 4 is 44.7 Å². The van der Waals surface area contributed by atoms with Crippen molar-refractivity contribution in [1.29, 1.82) is 0 Å². The number of nitrogens with two attached hydrogens (primary N) is 1. The molecular weight excluding hydrogens is 438 g/mol. The summed E-state index contributed by atoms with van der Waals surface area (Å²) < 4.78 is 32.1. The van der Waals surface area contributed by atoms with Crippen molar-refractivity contribution in [2.24, 2.45) is 5.73 Å². The Bertz CT molecular complexity index is 1330. The molecule has 0 saturated heterocycles. The Kier molecular flexibility index (Phi) is 4.90. The van der Waals surface area contributed by atoms with E-state index in [2.05, 4.69) is 20.5 Å². The maximum absolute atomic E-state index is 13.4. The number of fused-ring (bicyclic) bond motifs is 1. The van der Waals surface area contributed by atoms with E-state index in [1.165, 1.54) is 18.4 Å². The SMILES string of the molecule is NC(=O)c1sc2nc(C(F)F)cc(-c3ccco3)c2c1NC(=O)c1[nH]ncc1[N+](=O)[O-]. The van der Waals surface area contributed by atoms with Crippen molar-refractivity contribution in [1.82, 2.24) is 15.2 Å². The number of anilines is 1. The van der Waals surface area contributed by atoms with Crippen LogP contribution in [0.3, 0.4) is 0 Å². The van der Waals surface area contributed by atoms with Gasteiger partial charge in [0, 0.05) is 10.9 Å². The average Bonchev–Trinajstić information content (AvgIpc) is 3.46. The van der Waals surface area contributed by atoms with E-state index in [0.29, 0.717) is 11.3 Å². The lowest BCUT2D eigenvalue weighted by atomic mass is 10.1. The molecule has 0 fully saturated rings. The fourth-order valence-electron chi connectivity index (χ4n) is 2.91. The summed E-state index contributed by atoms with van der Waals surface area (Å²) in [6.45, 7) is 0. The number of carbonyl (C=O) groups is 2. The van der Waals surface area contributed by atoms with Gasteiger partial charge in [-0.2, -0.15) is 5.10 Å². The third-order valence-electron chi connectivity index (χ3n) is 4.20. The molecular formula is C17H10F2N6O5S. The molecule has 11 nitrogen and oxygen atoms in total. The number of carbonyl (C=O) groups excluding carboxylic acids is 2. The molecule has 31 heavy (non-hydrogen) atoms. The molecule has 0 bridgehead atoms. The largest absolute Gasteiger partial charge is 0.464 e. The van der Waals surface area contributed by atoms with Gasteiger partial charge in [-0.1, -0.05) is 0 Å². The van der Waals surface area contributed by atoms with E-state index in [4.69, 9.17) is 10.2 Å². The molecule has 4 rings (SSSR count). The van der Waals surface area contributed by atoms with Crippen LogP contribution in [0, 0.1) is 10.1 Å². The first-order valence-electron chi connectivity index (χ1n) is 8.36. The highest BCUT2D eigenvalue weighted by Gasteiger charge is 2.28. The summed E-state index contributed by atoms with van der Waals surface area (Å²) in [6, 6.07) is 4.09. The highest BCUT2D eigenvalue weighted by molar-refractivity contribution is 7.21. The molecule has 0 unspecified atom stereocenters. The van der Waals surface area contributed by atoms with Gasteiger partial charge in [0.1, 0.15) is 27.4 Å². The second kappa shape index (κ2) is 7.56. The van der Waals surface area contributed by atoms with Gasteiger partial charge < -0.3 is 15.5 Å². The molecule has 0 aliphatic carbocycles. The lowest BCUT2D eigenvalue weighted by Gasteiger charge is -2.09. The van der Waals surface area contributed by atoms with Crippen molar-refractivity contribution < 1.29 is 27.7 Å². The minimum Gasteiger partial charge on any atom is -0.464 e. The number of pyridine rings is 1. The molecule has 0 radical (unpaired) electrons. The number of furan rings is 1. The Hall–Kier alpha value is -4.20. The number of nitrogens with zero attached hydrogens (tertiary/aromatic N) is 3. The van der Waals surface area contributed by atoms with Gasteiger partial charge in [-0.25, -0.2) is 13.8 Å². The van der Waals surface area contributed by atoms with Gasteiger partial charge in [-0.05, 0) is 18.2 Å². The monoisotopic (exact) mass is 448 g/mol. The van der Waals surface area contributed by atoms with Crippen LogP contribution in [0.2, 0.25) is 0 Å². The number of thiophene rings is 1. The van der Waals surface area contributed by atoms with E-state index < -0.39 is 40.2 Å². The van der Waals surface area contributed by atoms with Crippen LogP contribution in [0.15, 0.2) is 35.1 Å². The number of nitro groups is 1. The van der Waals surface area contributed by atoms with Gasteiger partial charge in [-0.15, -0.1) is 11.3 Å². The van der Waals surface area contributed by atoms with Gasteiger partial charge in [0.25, 0.3) is 18.2 Å². The van der Waals surface area contributed by atoms with Crippen LogP contribution in [0.5, 0.6) is 0 Å². The summed E-state index contributed by atoms with van der Waals surface area (Å²) in [5, 5.41) is 19.3. The van der Waals surface area contributed by atoms with Crippen molar-refractivity contribution in [3.05, 3.63) is 57.0 Å². The zero-order valence-electron chi connectivity index (χ0n) is 15.1. The van der Waals surface area contributed by atoms with Gasteiger partial charge in [0.05, 0.1) is 16.9 Å². The summed E-state index contributed by atoms with van der Waals surface area (Å²) in [6.07, 6.45) is -0.750. The summed E-state index contributed by atoms with van der Waals surface area (Å²) in [5.74, 6) is -1.78. The van der Waals surface area contributed by atoms with Crippen molar-refractivity contribution in [3.63, 3.8) is 0 Å². The molecule has 0 aliphatic rings. The number of halogens is 2. The Labute approximate surface area is 174 Å². The minimum absolute atomic E-state index is 0.00703. The molecule has 0 saturated carbocycles. The predicted octanol–water partition coefficient (Wildman–Crippen LogP) is 3.48. The molecule has 0 aliphatic heterocycles. The van der Waals surface area contributed by atoms with Gasteiger partial charge >= 0.3 is 5.69 Å². The van der Waals surface area contributed by atoms with Crippen LogP contribution in [0.1, 0.15) is 32.3 Å². The van der Waals surface area contributed by atoms with Crippen molar-refractivity contribution in [2.75, 3.05) is 5.32 Å². The number of nitrogens with one attached hydrogen (secondary N) is 2. The smallest absolute Gasteiger partial charge is 0.319 e. The number of rotatable bonds is 6. The standard InChI is InChI=1S/C17H10F2N6O5S/c18-14(19)7-4-6(9-2-1-3-30-9)10-12(13(15(20)26)31-17(10)22-7)23-16(27)11-8(25(28)29)5-21-24-11/h1-5,14H,(H2,20,26)(H,21,24)(H,23,27). The molecule has 4 aromatic rings. The Morgan fingerprint density at radius 2 is 2.16 bits per heavy atom. The topological polar surface area (TPSA) is 170 Å². The number of hydrogen-bond acceptors (Lipinski definition) is 8. The van der Waals surface area contributed by atoms with Gasteiger partial charge in [-0.3, -0.25) is 24.8 Å².